The maximum atomic E-state index is 10.9. The molecule has 1 aromatic rings. The van der Waals surface area contributed by atoms with Crippen LogP contribution in [0.2, 0.25) is 5.02 Å². The number of aromatic carboxylic acids is 1. The predicted octanol–water partition coefficient (Wildman–Crippen LogP) is 1.96. The first-order chi connectivity index (χ1) is 8.49. The molecule has 18 heavy (non-hydrogen) atoms. The fourth-order valence-corrected chi connectivity index (χ4v) is 2.25. The number of aliphatic hydroxyl groups is 1. The van der Waals surface area contributed by atoms with Crippen molar-refractivity contribution in [2.24, 2.45) is 0 Å². The zero-order chi connectivity index (χ0) is 13.7. The molecule has 0 aliphatic rings. The van der Waals surface area contributed by atoms with Crippen LogP contribution in [0.25, 0.3) is 0 Å². The van der Waals surface area contributed by atoms with E-state index in [9.17, 15) is 4.79 Å². The summed E-state index contributed by atoms with van der Waals surface area (Å²) in [7, 11) is 0. The number of aliphatic hydroxyl groups excluding tert-OH is 1. The second-order valence-electron chi connectivity index (χ2n) is 3.74. The van der Waals surface area contributed by atoms with Crippen molar-refractivity contribution >= 4 is 35.1 Å². The number of aromatic nitrogens is 1. The summed E-state index contributed by atoms with van der Waals surface area (Å²) in [4.78, 5) is 14.9. The number of carbonyl (C=O) groups is 1. The van der Waals surface area contributed by atoms with E-state index < -0.39 is 5.97 Å². The molecule has 0 aromatic carbocycles. The van der Waals surface area contributed by atoms with E-state index in [1.54, 1.807) is 0 Å². The largest absolute Gasteiger partial charge is 0.478 e. The van der Waals surface area contributed by atoms with Gasteiger partial charge in [-0.05, 0) is 19.2 Å². The summed E-state index contributed by atoms with van der Waals surface area (Å²) in [6.45, 7) is 1.93. The molecular formula is C11H15ClN2O3S. The molecule has 0 bridgehead atoms. The Balaban J connectivity index is 2.85. The molecule has 1 aromatic heterocycles. The number of rotatable bonds is 6. The molecule has 0 saturated carbocycles. The van der Waals surface area contributed by atoms with Gasteiger partial charge in [0.05, 0.1) is 17.2 Å². The van der Waals surface area contributed by atoms with Crippen LogP contribution in [0.15, 0.2) is 12.3 Å². The Kier molecular flexibility index (Phi) is 5.71. The average Bonchev–Trinajstić information content (AvgIpc) is 2.32. The normalized spacial score (nSPS) is 14.0. The van der Waals surface area contributed by atoms with Gasteiger partial charge in [0.25, 0.3) is 0 Å². The molecule has 0 aliphatic heterocycles. The summed E-state index contributed by atoms with van der Waals surface area (Å²) in [6.07, 6.45) is 3.20. The van der Waals surface area contributed by atoms with E-state index in [1.807, 2.05) is 13.2 Å². The lowest BCUT2D eigenvalue weighted by Gasteiger charge is -2.21. The Morgan fingerprint density at radius 2 is 2.33 bits per heavy atom. The Morgan fingerprint density at radius 3 is 2.83 bits per heavy atom. The number of thioether (sulfide) groups is 1. The van der Waals surface area contributed by atoms with Crippen LogP contribution in [0.4, 0.5) is 5.82 Å². The second-order valence-corrected chi connectivity index (χ2v) is 5.23. The van der Waals surface area contributed by atoms with Gasteiger partial charge >= 0.3 is 5.97 Å². The van der Waals surface area contributed by atoms with Gasteiger partial charge in [-0.15, -0.1) is 0 Å². The van der Waals surface area contributed by atoms with Gasteiger partial charge in [-0.1, -0.05) is 11.6 Å². The molecule has 0 fully saturated rings. The van der Waals surface area contributed by atoms with Gasteiger partial charge in [0, 0.05) is 17.5 Å². The van der Waals surface area contributed by atoms with E-state index in [0.717, 1.165) is 0 Å². The third kappa shape index (κ3) is 3.76. The van der Waals surface area contributed by atoms with Gasteiger partial charge in [0.2, 0.25) is 0 Å². The van der Waals surface area contributed by atoms with Crippen molar-refractivity contribution < 1.29 is 15.0 Å². The first-order valence-electron chi connectivity index (χ1n) is 5.28. The van der Waals surface area contributed by atoms with Crippen LogP contribution in [-0.2, 0) is 0 Å². The number of nitrogens with zero attached hydrogens (tertiary/aromatic N) is 1. The minimum absolute atomic E-state index is 0.00562. The maximum absolute atomic E-state index is 10.9. The Labute approximate surface area is 115 Å². The zero-order valence-electron chi connectivity index (χ0n) is 10.1. The van der Waals surface area contributed by atoms with E-state index in [0.29, 0.717) is 5.82 Å². The van der Waals surface area contributed by atoms with Crippen LogP contribution >= 0.6 is 23.4 Å². The third-order valence-electron chi connectivity index (χ3n) is 2.50. The minimum atomic E-state index is -1.10. The first-order valence-corrected chi connectivity index (χ1v) is 6.95. The number of anilines is 1. The van der Waals surface area contributed by atoms with Crippen molar-refractivity contribution in [1.82, 2.24) is 4.98 Å². The smallest absolute Gasteiger partial charge is 0.337 e. The summed E-state index contributed by atoms with van der Waals surface area (Å²) in [6, 6.07) is 1.34. The van der Waals surface area contributed by atoms with Gasteiger partial charge in [-0.2, -0.15) is 11.8 Å². The molecule has 0 radical (unpaired) electrons. The number of carboxylic acids is 1. The van der Waals surface area contributed by atoms with Crippen LogP contribution in [0, 0.1) is 0 Å². The highest BCUT2D eigenvalue weighted by Crippen LogP contribution is 2.20. The summed E-state index contributed by atoms with van der Waals surface area (Å²) < 4.78 is 0. The highest BCUT2D eigenvalue weighted by atomic mass is 35.5. The third-order valence-corrected chi connectivity index (χ3v) is 3.97. The lowest BCUT2D eigenvalue weighted by Crippen LogP contribution is -2.31. The molecular weight excluding hydrogens is 276 g/mol. The number of nitrogens with one attached hydrogen (secondary N) is 1. The van der Waals surface area contributed by atoms with E-state index in [-0.39, 0.29) is 28.5 Å². The maximum Gasteiger partial charge on any atom is 0.337 e. The molecule has 0 saturated heterocycles. The van der Waals surface area contributed by atoms with Crippen LogP contribution in [0.3, 0.4) is 0 Å². The molecule has 3 N–H and O–H groups in total. The number of carboxylic acid groups (broad SMARTS) is 1. The van der Waals surface area contributed by atoms with Crippen molar-refractivity contribution in [3.63, 3.8) is 0 Å². The summed E-state index contributed by atoms with van der Waals surface area (Å²) in [5.74, 6) is -0.668. The predicted molar refractivity (Wildman–Crippen MR) is 73.7 cm³/mol. The molecule has 0 amide bonds. The highest BCUT2D eigenvalue weighted by Gasteiger charge is 2.17. The number of halogens is 1. The summed E-state index contributed by atoms with van der Waals surface area (Å²) in [5.41, 5.74) is 0.00562. The SMILES string of the molecule is CSC(CO)C(C)Nc1cc(C(=O)O)c(Cl)cn1. The van der Waals surface area contributed by atoms with Crippen molar-refractivity contribution in [3.8, 4) is 0 Å². The quantitative estimate of drug-likeness (QED) is 0.743. The molecule has 0 aliphatic carbocycles. The van der Waals surface area contributed by atoms with Gasteiger partial charge in [-0.25, -0.2) is 9.78 Å². The lowest BCUT2D eigenvalue weighted by molar-refractivity contribution is 0.0697. The molecule has 5 nitrogen and oxygen atoms in total. The highest BCUT2D eigenvalue weighted by molar-refractivity contribution is 7.99. The molecule has 1 heterocycles. The topological polar surface area (TPSA) is 82.5 Å². The van der Waals surface area contributed by atoms with Crippen LogP contribution < -0.4 is 5.32 Å². The lowest BCUT2D eigenvalue weighted by atomic mass is 10.2. The molecule has 2 unspecified atom stereocenters. The average molecular weight is 291 g/mol. The van der Waals surface area contributed by atoms with Crippen molar-refractivity contribution in [2.45, 2.75) is 18.2 Å². The van der Waals surface area contributed by atoms with Gasteiger partial charge in [0.1, 0.15) is 5.82 Å². The van der Waals surface area contributed by atoms with E-state index in [1.165, 1.54) is 24.0 Å². The Morgan fingerprint density at radius 1 is 1.67 bits per heavy atom. The number of pyridine rings is 1. The first kappa shape index (κ1) is 15.1. The molecule has 1 rings (SSSR count). The molecule has 7 heteroatoms. The number of hydrogen-bond donors (Lipinski definition) is 3. The van der Waals surface area contributed by atoms with Crippen molar-refractivity contribution in [3.05, 3.63) is 22.8 Å². The van der Waals surface area contributed by atoms with E-state index in [2.05, 4.69) is 10.3 Å². The fourth-order valence-electron chi connectivity index (χ4n) is 1.44. The second kappa shape index (κ2) is 6.82. The molecule has 0 spiro atoms. The monoisotopic (exact) mass is 290 g/mol. The van der Waals surface area contributed by atoms with Gasteiger partial charge in [0.15, 0.2) is 0 Å². The van der Waals surface area contributed by atoms with Crippen LogP contribution in [0.1, 0.15) is 17.3 Å². The molecule has 100 valence electrons. The fraction of sp³-hybridized carbons (Fsp3) is 0.455. The van der Waals surface area contributed by atoms with Crippen LogP contribution in [0.5, 0.6) is 0 Å². The van der Waals surface area contributed by atoms with Crippen molar-refractivity contribution in [1.29, 1.82) is 0 Å². The van der Waals surface area contributed by atoms with Crippen molar-refractivity contribution in [2.75, 3.05) is 18.2 Å². The minimum Gasteiger partial charge on any atom is -0.478 e. The van der Waals surface area contributed by atoms with Gasteiger partial charge in [-0.3, -0.25) is 0 Å². The van der Waals surface area contributed by atoms with E-state index in [4.69, 9.17) is 21.8 Å². The Hall–Kier alpha value is -0.980. The Bertz CT molecular complexity index is 427. The number of hydrogen-bond acceptors (Lipinski definition) is 5. The summed E-state index contributed by atoms with van der Waals surface area (Å²) in [5, 5.41) is 21.3. The van der Waals surface area contributed by atoms with E-state index >= 15 is 0 Å². The molecule has 2 atom stereocenters. The zero-order valence-corrected chi connectivity index (χ0v) is 11.6. The standard InChI is InChI=1S/C11H15ClN2O3S/c1-6(9(5-15)18-2)14-10-3-7(11(16)17)8(12)4-13-10/h3-4,6,9,15H,5H2,1-2H3,(H,13,14)(H,16,17). The van der Waals surface area contributed by atoms with Crippen LogP contribution in [-0.4, -0.2) is 45.3 Å². The summed E-state index contributed by atoms with van der Waals surface area (Å²) >= 11 is 7.26. The van der Waals surface area contributed by atoms with Gasteiger partial charge < -0.3 is 15.5 Å².